The minimum atomic E-state index is -0.887. The van der Waals surface area contributed by atoms with Gasteiger partial charge in [-0.25, -0.2) is 44.7 Å². The molecule has 506 valence electrons. The average Bonchev–Trinajstić information content (AvgIpc) is 1.54. The van der Waals surface area contributed by atoms with E-state index < -0.39 is 23.6 Å². The van der Waals surface area contributed by atoms with E-state index in [1.54, 1.807) is 91.7 Å². The van der Waals surface area contributed by atoms with Crippen LogP contribution in [-0.2, 0) is 40.0 Å². The molecule has 0 spiro atoms. The maximum atomic E-state index is 12.9. The van der Waals surface area contributed by atoms with Crippen LogP contribution in [0.5, 0.6) is 11.5 Å². The number of ether oxygens (including phenoxy) is 3. The second-order valence-corrected chi connectivity index (χ2v) is 21.1. The molecule has 1 aliphatic rings. The fourth-order valence-electron chi connectivity index (χ4n) is 10.1. The minimum absolute atomic E-state index is 0. The van der Waals surface area contributed by atoms with Gasteiger partial charge in [-0.1, -0.05) is 109 Å². The third-order valence-electron chi connectivity index (χ3n) is 14.3. The van der Waals surface area contributed by atoms with Crippen molar-refractivity contribution >= 4 is 107 Å². The number of benzene rings is 6. The molecule has 9 heterocycles. The van der Waals surface area contributed by atoms with Gasteiger partial charge in [0.05, 0.1) is 120 Å². The van der Waals surface area contributed by atoms with Crippen LogP contribution in [0.15, 0.2) is 262 Å². The second-order valence-electron chi connectivity index (χ2n) is 20.2. The number of carbonyl (C=O) groups excluding carboxylic acids is 6. The smallest absolute Gasteiger partial charge is 1.00 e. The number of hydrogen-bond donors (Lipinski definition) is 4. The molecule has 3 amide bonds. The van der Waals surface area contributed by atoms with Crippen LogP contribution in [0.2, 0.25) is 0 Å². The molecule has 0 fully saturated rings. The third kappa shape index (κ3) is 21.5. The number of nitrogens with zero attached hydrogens (tertiary/aromatic N) is 11. The first kappa shape index (κ1) is 81.0. The predicted molar refractivity (Wildman–Crippen MR) is 376 cm³/mol. The van der Waals surface area contributed by atoms with Gasteiger partial charge in [0.15, 0.2) is 0 Å². The molecule has 1 aliphatic heterocycles. The fourth-order valence-corrected chi connectivity index (χ4v) is 10.3. The Morgan fingerprint density at radius 2 is 1.00 bits per heavy atom. The Kier molecular flexibility index (Phi) is 33.6. The van der Waals surface area contributed by atoms with Gasteiger partial charge in [-0.3, -0.25) is 29.3 Å². The molecule has 29 heteroatoms. The summed E-state index contributed by atoms with van der Waals surface area (Å²) in [4.78, 5) is 106. The van der Waals surface area contributed by atoms with Crippen LogP contribution in [0.3, 0.4) is 0 Å². The quantitative estimate of drug-likeness (QED) is 0.0199. The molecule has 0 unspecified atom stereocenters. The molecule has 0 saturated heterocycles. The Morgan fingerprint density at radius 1 is 0.549 bits per heavy atom. The van der Waals surface area contributed by atoms with E-state index in [2.05, 4.69) is 117 Å². The van der Waals surface area contributed by atoms with Crippen molar-refractivity contribution in [3.05, 3.63) is 284 Å². The maximum Gasteiger partial charge on any atom is 1.00 e. The standard InChI is InChI=1S/C23H16N4O3.C15H11N3O3.C12H9N3.C9H11NO2.C8H7N.C4H3BrN2.CH2O3.CH4O.2K.H/c1-30-19-9-5-3-7-16(19)20-21(23(29)26-22(20)28)17-12-27(14-10-24-13-25-11-14)18-8-4-2-6-15(17)18;1-21-15(20)14(19)12-8-18(10-6-16-9-17-7-10)13-5-3-2-4-11(12)13;1-2-4-12-10(3-1)5-6-15(12)11-7-13-9-14-8-11;1-12-8-5-3-2-4-7(8)6-9(10)11;1-2-4-8-7(3-1)5-6-9-8;5-4-1-6-3-7-2-4;2-1-4-3;1-2;;;/h2-13H,1H3,(H,26,28,29);2-9H,1H3;1-9H;2-5H,6H2,1H3,(H2,10,11);1-6,9H;1-3H;1,3H;2H,1H3;;;/q;;;;;;;;2*+1;-1/p-1. The summed E-state index contributed by atoms with van der Waals surface area (Å²) in [6, 6.07) is 50.1. The van der Waals surface area contributed by atoms with Crippen LogP contribution >= 0.6 is 15.9 Å². The van der Waals surface area contributed by atoms with E-state index in [1.807, 2.05) is 120 Å². The number of fused-ring (bicyclic) bond motifs is 4. The summed E-state index contributed by atoms with van der Waals surface area (Å²) in [5.41, 5.74) is 14.5. The van der Waals surface area contributed by atoms with Gasteiger partial charge in [-0.2, -0.15) is 0 Å². The number of esters is 1. The summed E-state index contributed by atoms with van der Waals surface area (Å²) in [5.74, 6) is -1.56. The molecule has 26 nitrogen and oxygen atoms in total. The molecule has 14 aromatic rings. The van der Waals surface area contributed by atoms with Crippen LogP contribution in [-0.4, -0.2) is 128 Å². The molecule has 6 aromatic carbocycles. The fraction of sp³-hybridized carbons (Fsp3) is 0.0685. The number of carbonyl (C=O) groups is 6. The van der Waals surface area contributed by atoms with E-state index in [1.165, 1.54) is 61.3 Å². The number of halogens is 1. The minimum Gasteiger partial charge on any atom is -1.00 e. The molecule has 5 N–H and O–H groups in total. The first-order valence-corrected chi connectivity index (χ1v) is 30.6. The van der Waals surface area contributed by atoms with Gasteiger partial charge in [0.1, 0.15) is 36.8 Å². The molecule has 0 bridgehead atoms. The number of hydrogen-bond acceptors (Lipinski definition) is 20. The van der Waals surface area contributed by atoms with Gasteiger partial charge < -0.3 is 55.3 Å². The van der Waals surface area contributed by atoms with Crippen molar-refractivity contribution in [2.24, 2.45) is 5.73 Å². The molecular formula is C73H63BrK2N14O12. The Hall–Kier alpha value is -9.97. The molecule has 0 aliphatic carbocycles. The number of aromatic amines is 1. The molecule has 8 aromatic heterocycles. The number of nitrogens with one attached hydrogen (secondary N) is 2. The summed E-state index contributed by atoms with van der Waals surface area (Å²) in [7, 11) is 5.29. The van der Waals surface area contributed by atoms with E-state index in [0.717, 1.165) is 44.9 Å². The van der Waals surface area contributed by atoms with Crippen molar-refractivity contribution in [2.45, 2.75) is 6.42 Å². The number of primary amides is 1. The maximum absolute atomic E-state index is 12.9. The number of aliphatic hydroxyl groups is 1. The van der Waals surface area contributed by atoms with E-state index in [9.17, 15) is 24.0 Å². The number of ketones is 1. The molecule has 0 radical (unpaired) electrons. The number of para-hydroxylation sites is 6. The zero-order valence-corrected chi connectivity index (χ0v) is 63.7. The Labute approximate surface area is 678 Å². The number of methoxy groups -OCH3 is 3. The van der Waals surface area contributed by atoms with Gasteiger partial charge in [-0.05, 0) is 75.2 Å². The molecular weight excluding hydrogens is 1420 g/mol. The van der Waals surface area contributed by atoms with E-state index in [0.29, 0.717) is 50.4 Å². The first-order valence-electron chi connectivity index (χ1n) is 29.8. The molecule has 0 atom stereocenters. The number of nitrogens with two attached hydrogens (primary N) is 1. The first-order chi connectivity index (χ1) is 48.9. The Bertz CT molecular complexity index is 5050. The van der Waals surface area contributed by atoms with Crippen molar-refractivity contribution in [3.63, 3.8) is 0 Å². The summed E-state index contributed by atoms with van der Waals surface area (Å²) in [5, 5.41) is 21.9. The number of aromatic nitrogens is 12. The van der Waals surface area contributed by atoms with Crippen molar-refractivity contribution in [1.82, 2.24) is 63.9 Å². The largest absolute Gasteiger partial charge is 1.00 e. The summed E-state index contributed by atoms with van der Waals surface area (Å²) >= 11 is 3.19. The number of amides is 3. The number of imide groups is 1. The zero-order chi connectivity index (χ0) is 71.2. The van der Waals surface area contributed by atoms with Gasteiger partial charge in [-0.15, -0.1) is 0 Å². The monoisotopic (exact) mass is 1480 g/mol. The second kappa shape index (κ2) is 42.3. The van der Waals surface area contributed by atoms with Gasteiger partial charge in [0, 0.05) is 77.3 Å². The number of rotatable bonds is 12. The van der Waals surface area contributed by atoms with E-state index in [-0.39, 0.29) is 123 Å². The summed E-state index contributed by atoms with van der Waals surface area (Å²) < 4.78 is 21.7. The van der Waals surface area contributed by atoms with Crippen LogP contribution < -0.4 is 129 Å². The topological polar surface area (TPSA) is 354 Å². The molecule has 15 rings (SSSR count). The molecule has 102 heavy (non-hydrogen) atoms. The van der Waals surface area contributed by atoms with Crippen molar-refractivity contribution in [2.75, 3.05) is 28.4 Å². The Balaban J connectivity index is 0.000000230. The van der Waals surface area contributed by atoms with Crippen molar-refractivity contribution < 1.29 is 162 Å². The predicted octanol–water partition coefficient (Wildman–Crippen LogP) is 3.49. The number of Topliss-reactive ketones (excluding diaryl/α,β-unsaturated/α-hetero) is 1. The third-order valence-corrected chi connectivity index (χ3v) is 14.7. The Morgan fingerprint density at radius 3 is 1.53 bits per heavy atom. The normalized spacial score (nSPS) is 10.7. The van der Waals surface area contributed by atoms with Crippen LogP contribution in [0.1, 0.15) is 28.5 Å². The molecule has 0 saturated carbocycles. The SMILES string of the molecule is Brc1cncnc1.CO.COC(=O)C(=O)c1cn(-c2cncnc2)c2ccccc12.COc1ccccc1C1=C(c2cn(-c3cncnc3)c3ccccc23)C(=O)NC1=O.COc1ccccc1CC(N)=O.O=CO[O-].[H-].[K+].[K+].c1ccc2[nH]ccc2c1.c1ccc2c(c1)ccn2-c1cncnc1. The van der Waals surface area contributed by atoms with E-state index >= 15 is 0 Å². The van der Waals surface area contributed by atoms with E-state index in [4.69, 9.17) is 30.4 Å². The average molecular weight is 1490 g/mol. The number of H-pyrrole nitrogens is 1. The summed E-state index contributed by atoms with van der Waals surface area (Å²) in [6.07, 6.45) is 27.2. The van der Waals surface area contributed by atoms with Crippen LogP contribution in [0, 0.1) is 0 Å². The van der Waals surface area contributed by atoms with Crippen molar-refractivity contribution in [1.29, 1.82) is 0 Å². The van der Waals surface area contributed by atoms with Crippen molar-refractivity contribution in [3.8, 4) is 28.6 Å². The number of aliphatic hydroxyl groups excluding tert-OH is 1. The zero-order valence-electron chi connectivity index (χ0n) is 56.8. The summed E-state index contributed by atoms with van der Waals surface area (Å²) in [6.45, 7) is -0.181. The van der Waals surface area contributed by atoms with Gasteiger partial charge in [0.25, 0.3) is 24.1 Å². The van der Waals surface area contributed by atoms with Gasteiger partial charge >= 0.3 is 109 Å². The van der Waals surface area contributed by atoms with Crippen LogP contribution in [0.4, 0.5) is 0 Å². The van der Waals surface area contributed by atoms with Gasteiger partial charge in [0.2, 0.25) is 5.91 Å². The van der Waals surface area contributed by atoms with Crippen LogP contribution in [0.25, 0.3) is 71.8 Å².